The topological polar surface area (TPSA) is 89.2 Å². The smallest absolute Gasteiger partial charge is 0.296 e. The number of rotatable bonds is 9. The first-order chi connectivity index (χ1) is 16.9. The standard InChI is InChI=1S/C28H29NO6/c1-4-14-35-22-13-12-20(16-23(22)33-5-2)25-24(26(30)19-10-8-18(3)9-11-19)27(31)28(32)29(25)17-21-7-6-15-34-21/h6-13,15-16,25,30H,4-5,14,17H2,1-3H3. The molecule has 0 spiro atoms. The van der Waals surface area contributed by atoms with E-state index in [0.29, 0.717) is 41.6 Å². The van der Waals surface area contributed by atoms with Crippen molar-refractivity contribution < 1.29 is 28.6 Å². The molecule has 1 saturated heterocycles. The molecule has 35 heavy (non-hydrogen) atoms. The summed E-state index contributed by atoms with van der Waals surface area (Å²) in [4.78, 5) is 27.8. The van der Waals surface area contributed by atoms with E-state index in [-0.39, 0.29) is 17.9 Å². The summed E-state index contributed by atoms with van der Waals surface area (Å²) in [5.41, 5.74) is 2.12. The van der Waals surface area contributed by atoms with E-state index in [9.17, 15) is 14.7 Å². The van der Waals surface area contributed by atoms with Crippen LogP contribution < -0.4 is 9.47 Å². The molecule has 2 heterocycles. The number of aliphatic hydroxyl groups excluding tert-OH is 1. The maximum absolute atomic E-state index is 13.2. The minimum atomic E-state index is -0.833. The van der Waals surface area contributed by atoms with Gasteiger partial charge < -0.3 is 23.9 Å². The molecule has 0 bridgehead atoms. The predicted molar refractivity (Wildman–Crippen MR) is 131 cm³/mol. The molecule has 0 aliphatic carbocycles. The Bertz CT molecular complexity index is 1230. The highest BCUT2D eigenvalue weighted by molar-refractivity contribution is 6.46. The van der Waals surface area contributed by atoms with E-state index in [2.05, 4.69) is 0 Å². The number of aliphatic hydroxyl groups is 1. The first-order valence-electron chi connectivity index (χ1n) is 11.7. The van der Waals surface area contributed by atoms with E-state index in [1.165, 1.54) is 11.2 Å². The Morgan fingerprint density at radius 1 is 1.03 bits per heavy atom. The largest absolute Gasteiger partial charge is 0.507 e. The number of aryl methyl sites for hydroxylation is 1. The summed E-state index contributed by atoms with van der Waals surface area (Å²) in [6.45, 7) is 6.85. The van der Waals surface area contributed by atoms with E-state index >= 15 is 0 Å². The van der Waals surface area contributed by atoms with Gasteiger partial charge in [-0.2, -0.15) is 0 Å². The SMILES string of the molecule is CCCOc1ccc(C2C(=C(O)c3ccc(C)cc3)C(=O)C(=O)N2Cc2ccco2)cc1OCC. The molecule has 7 nitrogen and oxygen atoms in total. The third-order valence-electron chi connectivity index (χ3n) is 5.82. The molecule has 7 heteroatoms. The van der Waals surface area contributed by atoms with Crippen molar-refractivity contribution in [3.8, 4) is 11.5 Å². The van der Waals surface area contributed by atoms with Gasteiger partial charge in [-0.25, -0.2) is 0 Å². The van der Waals surface area contributed by atoms with Crippen molar-refractivity contribution in [2.75, 3.05) is 13.2 Å². The molecule has 1 unspecified atom stereocenters. The third-order valence-corrected chi connectivity index (χ3v) is 5.82. The Morgan fingerprint density at radius 3 is 2.46 bits per heavy atom. The second-order valence-electron chi connectivity index (χ2n) is 8.36. The van der Waals surface area contributed by atoms with E-state index in [0.717, 1.165) is 12.0 Å². The summed E-state index contributed by atoms with van der Waals surface area (Å²) in [6.07, 6.45) is 2.35. The fourth-order valence-corrected chi connectivity index (χ4v) is 4.12. The number of ketones is 1. The molecule has 1 fully saturated rings. The van der Waals surface area contributed by atoms with Crippen LogP contribution >= 0.6 is 0 Å². The summed E-state index contributed by atoms with van der Waals surface area (Å²) in [5, 5.41) is 11.2. The van der Waals surface area contributed by atoms with Gasteiger partial charge in [0, 0.05) is 5.56 Å². The maximum atomic E-state index is 13.2. The molecule has 1 aliphatic rings. The van der Waals surface area contributed by atoms with Gasteiger partial charge in [0.15, 0.2) is 11.5 Å². The van der Waals surface area contributed by atoms with Crippen LogP contribution in [0.2, 0.25) is 0 Å². The maximum Gasteiger partial charge on any atom is 0.296 e. The van der Waals surface area contributed by atoms with Gasteiger partial charge in [-0.1, -0.05) is 42.8 Å². The zero-order valence-corrected chi connectivity index (χ0v) is 20.1. The van der Waals surface area contributed by atoms with Gasteiger partial charge in [0.05, 0.1) is 37.6 Å². The number of carbonyl (C=O) groups excluding carboxylic acids is 2. The number of hydrogen-bond donors (Lipinski definition) is 1. The quantitative estimate of drug-likeness (QED) is 0.253. The number of likely N-dealkylation sites (tertiary alicyclic amines) is 1. The highest BCUT2D eigenvalue weighted by atomic mass is 16.5. The highest BCUT2D eigenvalue weighted by Gasteiger charge is 2.46. The van der Waals surface area contributed by atoms with Gasteiger partial charge in [-0.3, -0.25) is 9.59 Å². The second kappa shape index (κ2) is 10.5. The summed E-state index contributed by atoms with van der Waals surface area (Å²) >= 11 is 0. The van der Waals surface area contributed by atoms with E-state index in [1.54, 1.807) is 42.5 Å². The third kappa shape index (κ3) is 4.94. The van der Waals surface area contributed by atoms with E-state index in [1.807, 2.05) is 32.9 Å². The first kappa shape index (κ1) is 24.1. The molecule has 182 valence electrons. The number of hydrogen-bond acceptors (Lipinski definition) is 6. The minimum absolute atomic E-state index is 0.0232. The first-order valence-corrected chi connectivity index (χ1v) is 11.7. The zero-order valence-electron chi connectivity index (χ0n) is 20.1. The molecular weight excluding hydrogens is 446 g/mol. The molecule has 2 aromatic carbocycles. The monoisotopic (exact) mass is 475 g/mol. The molecule has 4 rings (SSSR count). The molecule has 1 amide bonds. The van der Waals surface area contributed by atoms with Crippen molar-refractivity contribution in [3.05, 3.63) is 88.9 Å². The average molecular weight is 476 g/mol. The van der Waals surface area contributed by atoms with Crippen LogP contribution in [0.5, 0.6) is 11.5 Å². The highest BCUT2D eigenvalue weighted by Crippen LogP contribution is 2.42. The van der Waals surface area contributed by atoms with E-state index in [4.69, 9.17) is 13.9 Å². The van der Waals surface area contributed by atoms with Crippen LogP contribution in [0.4, 0.5) is 0 Å². The Kier molecular flexibility index (Phi) is 7.25. The van der Waals surface area contributed by atoms with Crippen LogP contribution in [0.15, 0.2) is 70.9 Å². The molecule has 1 aliphatic heterocycles. The van der Waals surface area contributed by atoms with Crippen molar-refractivity contribution in [1.82, 2.24) is 4.90 Å². The lowest BCUT2D eigenvalue weighted by atomic mass is 9.94. The summed E-state index contributed by atoms with van der Waals surface area (Å²) in [5.74, 6) is -0.0516. The van der Waals surface area contributed by atoms with E-state index < -0.39 is 17.7 Å². The molecule has 0 saturated carbocycles. The predicted octanol–water partition coefficient (Wildman–Crippen LogP) is 5.40. The lowest BCUT2D eigenvalue weighted by Gasteiger charge is -2.25. The lowest BCUT2D eigenvalue weighted by Crippen LogP contribution is -2.29. The summed E-state index contributed by atoms with van der Waals surface area (Å²) in [6, 6.07) is 15.1. The van der Waals surface area contributed by atoms with Crippen LogP contribution in [-0.4, -0.2) is 34.9 Å². The number of furan rings is 1. The minimum Gasteiger partial charge on any atom is -0.507 e. The Morgan fingerprint density at radius 2 is 1.80 bits per heavy atom. The normalized spacial score (nSPS) is 17.1. The summed E-state index contributed by atoms with van der Waals surface area (Å²) in [7, 11) is 0. The van der Waals surface area contributed by atoms with Gasteiger partial charge in [0.1, 0.15) is 11.5 Å². The van der Waals surface area contributed by atoms with Crippen molar-refractivity contribution in [1.29, 1.82) is 0 Å². The molecule has 3 aromatic rings. The molecular formula is C28H29NO6. The van der Waals surface area contributed by atoms with Crippen molar-refractivity contribution in [3.63, 3.8) is 0 Å². The fraction of sp³-hybridized carbons (Fsp3) is 0.286. The van der Waals surface area contributed by atoms with Crippen LogP contribution in [0.25, 0.3) is 5.76 Å². The molecule has 1 aromatic heterocycles. The van der Waals surface area contributed by atoms with Crippen LogP contribution in [-0.2, 0) is 16.1 Å². The van der Waals surface area contributed by atoms with Crippen LogP contribution in [0.1, 0.15) is 48.8 Å². The average Bonchev–Trinajstić information content (AvgIpc) is 3.46. The molecule has 0 radical (unpaired) electrons. The molecule has 1 N–H and O–H groups in total. The number of benzene rings is 2. The Hall–Kier alpha value is -4.00. The van der Waals surface area contributed by atoms with Gasteiger partial charge in [0.2, 0.25) is 0 Å². The second-order valence-corrected chi connectivity index (χ2v) is 8.36. The van der Waals surface area contributed by atoms with Crippen LogP contribution in [0, 0.1) is 6.92 Å². The van der Waals surface area contributed by atoms with Crippen molar-refractivity contribution in [2.24, 2.45) is 0 Å². The van der Waals surface area contributed by atoms with Gasteiger partial charge in [-0.05, 0) is 50.1 Å². The lowest BCUT2D eigenvalue weighted by molar-refractivity contribution is -0.140. The van der Waals surface area contributed by atoms with Gasteiger partial charge in [-0.15, -0.1) is 0 Å². The van der Waals surface area contributed by atoms with Gasteiger partial charge >= 0.3 is 0 Å². The van der Waals surface area contributed by atoms with Gasteiger partial charge in [0.25, 0.3) is 11.7 Å². The number of nitrogens with zero attached hydrogens (tertiary/aromatic N) is 1. The zero-order chi connectivity index (χ0) is 24.9. The number of Topliss-reactive ketones (excluding diaryl/α,β-unsaturated/α-hetero) is 1. The fourth-order valence-electron chi connectivity index (χ4n) is 4.12. The molecule has 1 atom stereocenters. The van der Waals surface area contributed by atoms with Crippen molar-refractivity contribution >= 4 is 17.4 Å². The Labute approximate surface area is 204 Å². The van der Waals surface area contributed by atoms with Crippen LogP contribution in [0.3, 0.4) is 0 Å². The van der Waals surface area contributed by atoms with Crippen molar-refractivity contribution in [2.45, 2.75) is 39.8 Å². The number of amides is 1. The number of ether oxygens (including phenoxy) is 2. The number of carbonyl (C=O) groups is 2. The Balaban J connectivity index is 1.85. The summed E-state index contributed by atoms with van der Waals surface area (Å²) < 4.78 is 17.1.